The first-order valence-corrected chi connectivity index (χ1v) is 4.79. The summed E-state index contributed by atoms with van der Waals surface area (Å²) in [7, 11) is 3.64. The molecule has 0 spiro atoms. The maximum absolute atomic E-state index is 11.2. The third-order valence-electron chi connectivity index (χ3n) is 2.43. The number of fused-ring (bicyclic) bond motifs is 1. The van der Waals surface area contributed by atoms with Gasteiger partial charge in [-0.15, -0.1) is 0 Å². The zero-order chi connectivity index (χ0) is 11.7. The molecule has 0 aliphatic rings. The van der Waals surface area contributed by atoms with Crippen LogP contribution in [0.15, 0.2) is 27.8 Å². The van der Waals surface area contributed by atoms with Crippen LogP contribution < -0.4 is 21.6 Å². The average Bonchev–Trinajstić information content (AvgIpc) is 2.29. The Hall–Kier alpha value is -2.08. The minimum Gasteiger partial charge on any atom is -0.316 e. The van der Waals surface area contributed by atoms with E-state index in [1.165, 1.54) is 0 Å². The molecule has 0 fully saturated rings. The van der Waals surface area contributed by atoms with Crippen LogP contribution in [0.4, 0.5) is 5.69 Å². The van der Waals surface area contributed by atoms with Gasteiger partial charge < -0.3 is 15.0 Å². The second kappa shape index (κ2) is 3.82. The Bertz CT molecular complexity index is 628. The molecule has 1 aromatic heterocycles. The fraction of sp³-hybridized carbons (Fsp3) is 0.200. The van der Waals surface area contributed by atoms with Crippen LogP contribution in [-0.4, -0.2) is 24.1 Å². The standard InChI is InChI=1S/C10H12N4O2/c1-11-14(2)6-3-4-7-8(5-6)13-10(16)9(15)12-7/h3-5,11H,1-2H3,(H,12,15)(H,13,16). The van der Waals surface area contributed by atoms with E-state index >= 15 is 0 Å². The Balaban J connectivity index is 2.67. The molecular weight excluding hydrogens is 208 g/mol. The summed E-state index contributed by atoms with van der Waals surface area (Å²) in [5, 5.41) is 1.79. The monoisotopic (exact) mass is 220 g/mol. The molecule has 0 saturated carbocycles. The molecule has 0 amide bonds. The Kier molecular flexibility index (Phi) is 2.49. The van der Waals surface area contributed by atoms with Crippen molar-refractivity contribution in [1.29, 1.82) is 0 Å². The van der Waals surface area contributed by atoms with Gasteiger partial charge in [0.1, 0.15) is 0 Å². The molecule has 1 heterocycles. The fourth-order valence-corrected chi connectivity index (χ4v) is 1.44. The molecule has 0 radical (unpaired) electrons. The second-order valence-corrected chi connectivity index (χ2v) is 3.42. The van der Waals surface area contributed by atoms with Gasteiger partial charge in [0.25, 0.3) is 0 Å². The lowest BCUT2D eigenvalue weighted by Crippen LogP contribution is -2.31. The van der Waals surface area contributed by atoms with Crippen LogP contribution in [0.25, 0.3) is 11.0 Å². The maximum Gasteiger partial charge on any atom is 0.314 e. The van der Waals surface area contributed by atoms with Crippen molar-refractivity contribution in [3.8, 4) is 0 Å². The second-order valence-electron chi connectivity index (χ2n) is 3.42. The van der Waals surface area contributed by atoms with E-state index in [0.717, 1.165) is 5.69 Å². The summed E-state index contributed by atoms with van der Waals surface area (Å²) in [6.45, 7) is 0. The van der Waals surface area contributed by atoms with E-state index in [4.69, 9.17) is 0 Å². The first kappa shape index (κ1) is 10.4. The molecule has 0 unspecified atom stereocenters. The number of aromatic amines is 2. The van der Waals surface area contributed by atoms with Gasteiger partial charge in [0.15, 0.2) is 0 Å². The zero-order valence-electron chi connectivity index (χ0n) is 9.00. The Morgan fingerprint density at radius 2 is 1.75 bits per heavy atom. The summed E-state index contributed by atoms with van der Waals surface area (Å²) in [5.41, 5.74) is 3.76. The minimum absolute atomic E-state index is 0.601. The molecule has 0 atom stereocenters. The number of hydrogen-bond donors (Lipinski definition) is 3. The van der Waals surface area contributed by atoms with Crippen LogP contribution in [0.5, 0.6) is 0 Å². The number of rotatable bonds is 2. The average molecular weight is 220 g/mol. The van der Waals surface area contributed by atoms with E-state index in [1.807, 2.05) is 13.1 Å². The van der Waals surface area contributed by atoms with Crippen molar-refractivity contribution in [3.05, 3.63) is 38.9 Å². The van der Waals surface area contributed by atoms with Gasteiger partial charge in [-0.1, -0.05) is 0 Å². The van der Waals surface area contributed by atoms with E-state index in [-0.39, 0.29) is 0 Å². The van der Waals surface area contributed by atoms with Crippen LogP contribution in [0.3, 0.4) is 0 Å². The Labute approximate surface area is 90.9 Å². The van der Waals surface area contributed by atoms with Gasteiger partial charge in [-0.2, -0.15) is 0 Å². The molecule has 6 nitrogen and oxygen atoms in total. The Morgan fingerprint density at radius 3 is 2.38 bits per heavy atom. The van der Waals surface area contributed by atoms with E-state index in [2.05, 4.69) is 15.4 Å². The van der Waals surface area contributed by atoms with E-state index in [0.29, 0.717) is 11.0 Å². The topological polar surface area (TPSA) is 81.0 Å². The van der Waals surface area contributed by atoms with Crippen molar-refractivity contribution in [1.82, 2.24) is 15.4 Å². The molecule has 0 aliphatic heterocycles. The highest BCUT2D eigenvalue weighted by Crippen LogP contribution is 2.15. The van der Waals surface area contributed by atoms with Gasteiger partial charge in [0.05, 0.1) is 16.7 Å². The highest BCUT2D eigenvalue weighted by molar-refractivity contribution is 5.78. The summed E-state index contributed by atoms with van der Waals surface area (Å²) in [5.74, 6) is 0. The number of nitrogens with zero attached hydrogens (tertiary/aromatic N) is 1. The number of hydrazine groups is 1. The molecule has 3 N–H and O–H groups in total. The van der Waals surface area contributed by atoms with Crippen LogP contribution in [0, 0.1) is 0 Å². The van der Waals surface area contributed by atoms with Crippen molar-refractivity contribution in [2.45, 2.75) is 0 Å². The van der Waals surface area contributed by atoms with Crippen LogP contribution >= 0.6 is 0 Å². The minimum atomic E-state index is -0.642. The predicted octanol–water partition coefficient (Wildman–Crippen LogP) is -0.213. The molecule has 1 aromatic carbocycles. The lowest BCUT2D eigenvalue weighted by molar-refractivity contribution is 0.792. The third-order valence-corrected chi connectivity index (χ3v) is 2.43. The molecule has 2 rings (SSSR count). The fourth-order valence-electron chi connectivity index (χ4n) is 1.44. The van der Waals surface area contributed by atoms with Gasteiger partial charge in [-0.05, 0) is 18.2 Å². The lowest BCUT2D eigenvalue weighted by atomic mass is 10.2. The first-order chi connectivity index (χ1) is 7.61. The van der Waals surface area contributed by atoms with Crippen molar-refractivity contribution in [2.24, 2.45) is 0 Å². The van der Waals surface area contributed by atoms with Gasteiger partial charge in [0, 0.05) is 14.1 Å². The van der Waals surface area contributed by atoms with Crippen molar-refractivity contribution < 1.29 is 0 Å². The summed E-state index contributed by atoms with van der Waals surface area (Å²) in [6.07, 6.45) is 0. The maximum atomic E-state index is 11.2. The third kappa shape index (κ3) is 1.70. The highest BCUT2D eigenvalue weighted by Gasteiger charge is 2.02. The summed E-state index contributed by atoms with van der Waals surface area (Å²) in [4.78, 5) is 27.3. The van der Waals surface area contributed by atoms with Crippen molar-refractivity contribution in [2.75, 3.05) is 19.1 Å². The van der Waals surface area contributed by atoms with Gasteiger partial charge in [-0.25, -0.2) is 5.43 Å². The number of anilines is 1. The molecule has 16 heavy (non-hydrogen) atoms. The number of aromatic nitrogens is 2. The summed E-state index contributed by atoms with van der Waals surface area (Å²) < 4.78 is 0. The van der Waals surface area contributed by atoms with Gasteiger partial charge in [-0.3, -0.25) is 9.59 Å². The van der Waals surface area contributed by atoms with Crippen LogP contribution in [0.1, 0.15) is 0 Å². The SMILES string of the molecule is CNN(C)c1ccc2[nH]c(=O)c(=O)[nH]c2c1. The van der Waals surface area contributed by atoms with Gasteiger partial charge in [0.2, 0.25) is 0 Å². The van der Waals surface area contributed by atoms with Crippen molar-refractivity contribution in [3.63, 3.8) is 0 Å². The normalized spacial score (nSPS) is 10.6. The molecule has 0 bridgehead atoms. The van der Waals surface area contributed by atoms with Gasteiger partial charge >= 0.3 is 11.1 Å². The predicted molar refractivity (Wildman–Crippen MR) is 62.7 cm³/mol. The zero-order valence-corrected chi connectivity index (χ0v) is 9.00. The summed E-state index contributed by atoms with van der Waals surface area (Å²) in [6, 6.07) is 5.37. The van der Waals surface area contributed by atoms with E-state index in [9.17, 15) is 9.59 Å². The number of nitrogens with one attached hydrogen (secondary N) is 3. The number of H-pyrrole nitrogens is 2. The lowest BCUT2D eigenvalue weighted by Gasteiger charge is -2.17. The van der Waals surface area contributed by atoms with Crippen LogP contribution in [0.2, 0.25) is 0 Å². The number of hydrogen-bond acceptors (Lipinski definition) is 4. The Morgan fingerprint density at radius 1 is 1.12 bits per heavy atom. The smallest absolute Gasteiger partial charge is 0.314 e. The largest absolute Gasteiger partial charge is 0.316 e. The molecule has 6 heteroatoms. The van der Waals surface area contributed by atoms with Crippen LogP contribution in [-0.2, 0) is 0 Å². The van der Waals surface area contributed by atoms with E-state index in [1.54, 1.807) is 24.2 Å². The number of benzene rings is 1. The molecule has 84 valence electrons. The summed E-state index contributed by atoms with van der Waals surface area (Å²) >= 11 is 0. The van der Waals surface area contributed by atoms with E-state index < -0.39 is 11.1 Å². The molecule has 2 aromatic rings. The molecule has 0 saturated heterocycles. The quantitative estimate of drug-likeness (QED) is 0.483. The first-order valence-electron chi connectivity index (χ1n) is 4.79. The van der Waals surface area contributed by atoms with Crippen molar-refractivity contribution >= 4 is 16.7 Å². The molecule has 0 aliphatic carbocycles. The molecular formula is C10H12N4O2. The highest BCUT2D eigenvalue weighted by atomic mass is 16.2.